The zero-order valence-electron chi connectivity index (χ0n) is 8.83. The second-order valence-electron chi connectivity index (χ2n) is 3.72. The first-order valence-corrected chi connectivity index (χ1v) is 3.85. The van der Waals surface area contributed by atoms with Crippen LogP contribution >= 0.6 is 0 Å². The van der Waals surface area contributed by atoms with Crippen LogP contribution in [0.25, 0.3) is 0 Å². The van der Waals surface area contributed by atoms with Crippen molar-refractivity contribution in [2.45, 2.75) is 20.8 Å². The predicted molar refractivity (Wildman–Crippen MR) is 51.7 cm³/mol. The second kappa shape index (κ2) is 11.5. The van der Waals surface area contributed by atoms with Crippen molar-refractivity contribution in [2.24, 2.45) is 5.41 Å². The maximum Gasteiger partial charge on any atom is 0 e. The first-order valence-electron chi connectivity index (χ1n) is 3.85. The van der Waals surface area contributed by atoms with Crippen LogP contribution < -0.4 is 0 Å². The Morgan fingerprint density at radius 1 is 0.923 bits per heavy atom. The first kappa shape index (κ1) is 19.9. The van der Waals surface area contributed by atoms with Crippen molar-refractivity contribution in [3.8, 4) is 0 Å². The normalized spacial score (nSPS) is 12.0. The van der Waals surface area contributed by atoms with Crippen molar-refractivity contribution in [2.75, 3.05) is 0 Å². The van der Waals surface area contributed by atoms with Crippen molar-refractivity contribution < 1.29 is 65.4 Å². The minimum Gasteiger partial charge on any atom is -0.338 e. The summed E-state index contributed by atoms with van der Waals surface area (Å²) in [5.74, 6) is 0. The third kappa shape index (κ3) is 31.8. The van der Waals surface area contributed by atoms with Gasteiger partial charge in [0.1, 0.15) is 0 Å². The zero-order chi connectivity index (χ0) is 8.74. The van der Waals surface area contributed by atoms with Gasteiger partial charge in [-0.25, -0.2) is 0 Å². The molecule has 0 heterocycles. The fourth-order valence-corrected chi connectivity index (χ4v) is 0.385. The molecule has 0 spiro atoms. The van der Waals surface area contributed by atoms with Gasteiger partial charge in [0.05, 0.1) is 0 Å². The van der Waals surface area contributed by atoms with E-state index in [1.807, 2.05) is 37.1 Å². The van der Waals surface area contributed by atoms with E-state index in [1.54, 1.807) is 0 Å². The van der Waals surface area contributed by atoms with Crippen molar-refractivity contribution in [1.29, 1.82) is 0 Å². The summed E-state index contributed by atoms with van der Waals surface area (Å²) in [6.45, 7) is 10.0. The molecule has 0 bridgehead atoms. The Bertz CT molecular complexity index is 123. The number of hydrogen-bond acceptors (Lipinski definition) is 0. The third-order valence-corrected chi connectivity index (χ3v) is 0.667. The van der Waals surface area contributed by atoms with Crippen molar-refractivity contribution in [1.82, 2.24) is 0 Å². The van der Waals surface area contributed by atoms with Crippen LogP contribution in [0.4, 0.5) is 0 Å². The van der Waals surface area contributed by atoms with Crippen LogP contribution in [0.15, 0.2) is 24.3 Å². The molecule has 0 saturated carbocycles. The van der Waals surface area contributed by atoms with Crippen LogP contribution in [0.1, 0.15) is 20.8 Å². The van der Waals surface area contributed by atoms with E-state index in [-0.39, 0.29) is 70.8 Å². The molecule has 0 aromatic carbocycles. The molecule has 2 heteroatoms. The molecule has 0 fully saturated rings. The van der Waals surface area contributed by atoms with Crippen molar-refractivity contribution in [3.63, 3.8) is 0 Å². The van der Waals surface area contributed by atoms with Gasteiger partial charge in [-0.1, -0.05) is 20.8 Å². The maximum absolute atomic E-state index is 3.77. The molecule has 0 unspecified atom stereocenters. The molecule has 70 valence electrons. The summed E-state index contributed by atoms with van der Waals surface area (Å²) in [5, 5.41) is 0. The molecular formula is C11H17Y2-3. The molecule has 0 nitrogen and oxygen atoms in total. The molecule has 0 amide bonds. The van der Waals surface area contributed by atoms with Gasteiger partial charge in [0.2, 0.25) is 0 Å². The van der Waals surface area contributed by atoms with Gasteiger partial charge in [-0.05, 0) is 0 Å². The van der Waals surface area contributed by atoms with E-state index in [0.717, 1.165) is 0 Å². The molecule has 1 aliphatic carbocycles. The van der Waals surface area contributed by atoms with Crippen LogP contribution in [-0.2, 0) is 65.4 Å². The van der Waals surface area contributed by atoms with E-state index < -0.39 is 0 Å². The number of allylic oxidation sites excluding steroid dienone is 4. The van der Waals surface area contributed by atoms with E-state index in [2.05, 4.69) is 27.7 Å². The maximum atomic E-state index is 3.77. The second-order valence-corrected chi connectivity index (χ2v) is 3.72. The average molecular weight is 327 g/mol. The minimum atomic E-state index is 0. The SMILES string of the molecule is C1=C[CH-][CH-]C=C1.[CH2-]C(C)(C)C.[Y].[Y]. The molecule has 0 aromatic rings. The summed E-state index contributed by atoms with van der Waals surface area (Å²) in [6, 6.07) is 0. The molecule has 1 rings (SSSR count). The number of hydrogen-bond donors (Lipinski definition) is 0. The molecule has 2 radical (unpaired) electrons. The molecule has 0 saturated heterocycles. The number of rotatable bonds is 0. The molecule has 1 aliphatic rings. The van der Waals surface area contributed by atoms with E-state index in [1.165, 1.54) is 0 Å². The Morgan fingerprint density at radius 3 is 1.23 bits per heavy atom. The van der Waals surface area contributed by atoms with E-state index in [4.69, 9.17) is 0 Å². The zero-order valence-corrected chi connectivity index (χ0v) is 14.5. The van der Waals surface area contributed by atoms with Gasteiger partial charge in [-0.15, -0.1) is 0 Å². The fourth-order valence-electron chi connectivity index (χ4n) is 0.385. The van der Waals surface area contributed by atoms with E-state index in [9.17, 15) is 0 Å². The van der Waals surface area contributed by atoms with Crippen LogP contribution in [0, 0.1) is 25.2 Å². The molecular weight excluding hydrogens is 310 g/mol. The van der Waals surface area contributed by atoms with Crippen LogP contribution in [0.3, 0.4) is 0 Å². The molecule has 0 aromatic heterocycles. The standard InChI is InChI=1S/C6H6.C5H11.2Y/c1-2-4-6-5-3-1;1-5(2,3)4;;/h1-6H;1H2,2-4H3;;/q-2;-1;;. The summed E-state index contributed by atoms with van der Waals surface area (Å²) in [7, 11) is 0. The Hall–Kier alpha value is 1.43. The molecule has 0 aliphatic heterocycles. The Kier molecular flexibility index (Phi) is 17.6. The van der Waals surface area contributed by atoms with Crippen LogP contribution in [-0.4, -0.2) is 0 Å². The molecule has 0 N–H and O–H groups in total. The Morgan fingerprint density at radius 2 is 1.15 bits per heavy atom. The molecule has 0 atom stereocenters. The van der Waals surface area contributed by atoms with Crippen LogP contribution in [0.2, 0.25) is 0 Å². The topological polar surface area (TPSA) is 0 Å². The minimum absolute atomic E-state index is 0. The average Bonchev–Trinajstić information content (AvgIpc) is 1.88. The van der Waals surface area contributed by atoms with Gasteiger partial charge < -0.3 is 6.92 Å². The van der Waals surface area contributed by atoms with Gasteiger partial charge in [0, 0.05) is 65.4 Å². The Labute approximate surface area is 134 Å². The van der Waals surface area contributed by atoms with Gasteiger partial charge in [0.15, 0.2) is 0 Å². The van der Waals surface area contributed by atoms with Gasteiger partial charge in [-0.2, -0.15) is 5.41 Å². The summed E-state index contributed by atoms with van der Waals surface area (Å²) in [4.78, 5) is 0. The third-order valence-electron chi connectivity index (χ3n) is 0.667. The summed E-state index contributed by atoms with van der Waals surface area (Å²) in [5.41, 5.74) is 0.250. The van der Waals surface area contributed by atoms with Crippen molar-refractivity contribution in [3.05, 3.63) is 44.1 Å². The van der Waals surface area contributed by atoms with E-state index in [0.29, 0.717) is 0 Å². The summed E-state index contributed by atoms with van der Waals surface area (Å²) in [6.07, 6.45) is 12.0. The van der Waals surface area contributed by atoms with E-state index >= 15 is 0 Å². The predicted octanol–water partition coefficient (Wildman–Crippen LogP) is 3.38. The van der Waals surface area contributed by atoms with Gasteiger partial charge >= 0.3 is 0 Å². The Balaban J connectivity index is -0.000000136. The van der Waals surface area contributed by atoms with Gasteiger partial charge in [0.25, 0.3) is 0 Å². The summed E-state index contributed by atoms with van der Waals surface area (Å²) < 4.78 is 0. The van der Waals surface area contributed by atoms with Crippen molar-refractivity contribution >= 4 is 0 Å². The largest absolute Gasteiger partial charge is 0.338 e. The van der Waals surface area contributed by atoms with Gasteiger partial charge in [-0.3, -0.25) is 37.1 Å². The fraction of sp³-hybridized carbons (Fsp3) is 0.364. The quantitative estimate of drug-likeness (QED) is 0.599. The van der Waals surface area contributed by atoms with Crippen LogP contribution in [0.5, 0.6) is 0 Å². The smallest absolute Gasteiger partial charge is 0 e. The first-order chi connectivity index (χ1) is 5.00. The summed E-state index contributed by atoms with van der Waals surface area (Å²) >= 11 is 0. The molecule has 13 heavy (non-hydrogen) atoms. The monoisotopic (exact) mass is 327 g/mol.